The van der Waals surface area contributed by atoms with Crippen LogP contribution in [0.3, 0.4) is 0 Å². The monoisotopic (exact) mass is 408 g/mol. The third-order valence-corrected chi connectivity index (χ3v) is 4.99. The van der Waals surface area contributed by atoms with Crippen LogP contribution < -0.4 is 0 Å². The lowest BCUT2D eigenvalue weighted by Gasteiger charge is -2.34. The lowest BCUT2D eigenvalue weighted by molar-refractivity contribution is 0.0622. The maximum Gasteiger partial charge on any atom is 0.274 e. The number of piperazine rings is 1. The highest BCUT2D eigenvalue weighted by Crippen LogP contribution is 2.19. The van der Waals surface area contributed by atoms with Gasteiger partial charge in [0.15, 0.2) is 0 Å². The molecule has 0 saturated carbocycles. The van der Waals surface area contributed by atoms with E-state index in [2.05, 4.69) is 37.1 Å². The quantitative estimate of drug-likeness (QED) is 0.610. The van der Waals surface area contributed by atoms with Crippen molar-refractivity contribution in [1.82, 2.24) is 29.9 Å². The molecule has 0 atom stereocenters. The molecule has 30 heavy (non-hydrogen) atoms. The summed E-state index contributed by atoms with van der Waals surface area (Å²) >= 11 is 0. The summed E-state index contributed by atoms with van der Waals surface area (Å²) in [7, 11) is 1.59. The van der Waals surface area contributed by atoms with Crippen molar-refractivity contribution in [2.75, 3.05) is 33.3 Å². The molecule has 0 unspecified atom stereocenters. The number of carbonyl (C=O) groups is 1. The van der Waals surface area contributed by atoms with Crippen molar-refractivity contribution in [3.63, 3.8) is 0 Å². The number of nitrogens with zero attached hydrogens (tertiary/aromatic N) is 6. The number of amides is 1. The third-order valence-electron chi connectivity index (χ3n) is 4.99. The van der Waals surface area contributed by atoms with Crippen LogP contribution >= 0.6 is 0 Å². The Kier molecular flexibility index (Phi) is 6.10. The summed E-state index contributed by atoms with van der Waals surface area (Å²) in [6, 6.07) is 8.11. The largest absolute Gasteiger partial charge is 0.375 e. The number of hydrogen-bond acceptors (Lipinski definition) is 8. The Balaban J connectivity index is 1.34. The predicted octanol–water partition coefficient (Wildman–Crippen LogP) is 1.94. The molecule has 9 heteroatoms. The van der Waals surface area contributed by atoms with Crippen molar-refractivity contribution in [1.29, 1.82) is 0 Å². The highest BCUT2D eigenvalue weighted by atomic mass is 16.5. The molecule has 9 nitrogen and oxygen atoms in total. The Morgan fingerprint density at radius 3 is 2.73 bits per heavy atom. The SMILES string of the molecule is COCc1nc(-c2cccc(CN3CCN(C(=O)c4cnc(C)cn4)CC3)c2)no1. The number of carbonyl (C=O) groups excluding carboxylic acids is 1. The maximum atomic E-state index is 12.6. The molecule has 1 aliphatic rings. The lowest BCUT2D eigenvalue weighted by atomic mass is 10.1. The number of rotatable bonds is 6. The van der Waals surface area contributed by atoms with Gasteiger partial charge in [0.1, 0.15) is 12.3 Å². The van der Waals surface area contributed by atoms with Crippen molar-refractivity contribution in [3.05, 3.63) is 59.5 Å². The van der Waals surface area contributed by atoms with Gasteiger partial charge in [0.2, 0.25) is 5.82 Å². The molecule has 0 N–H and O–H groups in total. The number of benzene rings is 1. The summed E-state index contributed by atoms with van der Waals surface area (Å²) in [6.45, 7) is 5.88. The van der Waals surface area contributed by atoms with Crippen LogP contribution in [0.5, 0.6) is 0 Å². The average molecular weight is 408 g/mol. The van der Waals surface area contributed by atoms with Crippen molar-refractivity contribution in [3.8, 4) is 11.4 Å². The molecule has 2 aromatic heterocycles. The van der Waals surface area contributed by atoms with E-state index < -0.39 is 0 Å². The van der Waals surface area contributed by atoms with Crippen LogP contribution in [0.2, 0.25) is 0 Å². The summed E-state index contributed by atoms with van der Waals surface area (Å²) in [6.07, 6.45) is 3.17. The molecule has 1 amide bonds. The fourth-order valence-electron chi connectivity index (χ4n) is 3.40. The van der Waals surface area contributed by atoms with E-state index in [0.29, 0.717) is 37.1 Å². The van der Waals surface area contributed by atoms with E-state index in [9.17, 15) is 4.79 Å². The van der Waals surface area contributed by atoms with E-state index in [1.807, 2.05) is 24.0 Å². The molecule has 0 aliphatic carbocycles. The third kappa shape index (κ3) is 4.69. The molecule has 1 aliphatic heterocycles. The van der Waals surface area contributed by atoms with Gasteiger partial charge in [-0.3, -0.25) is 14.7 Å². The topological polar surface area (TPSA) is 97.5 Å². The van der Waals surface area contributed by atoms with Gasteiger partial charge in [0.05, 0.1) is 11.9 Å². The zero-order valence-electron chi connectivity index (χ0n) is 17.1. The first-order valence-corrected chi connectivity index (χ1v) is 9.83. The van der Waals surface area contributed by atoms with Crippen molar-refractivity contribution < 1.29 is 14.1 Å². The fraction of sp³-hybridized carbons (Fsp3) is 0.381. The maximum absolute atomic E-state index is 12.6. The second-order valence-electron chi connectivity index (χ2n) is 7.26. The number of aromatic nitrogens is 4. The minimum atomic E-state index is -0.0619. The standard InChI is InChI=1S/C21H24N6O3/c1-15-11-23-18(12-22-15)21(28)27-8-6-26(7-9-27)13-16-4-3-5-17(10-16)20-24-19(14-29-2)30-25-20/h3-5,10-12H,6-9,13-14H2,1-2H3. The van der Waals surface area contributed by atoms with Gasteiger partial charge in [-0.15, -0.1) is 0 Å². The lowest BCUT2D eigenvalue weighted by Crippen LogP contribution is -2.48. The summed E-state index contributed by atoms with van der Waals surface area (Å²) in [5.74, 6) is 0.948. The molecule has 0 bridgehead atoms. The second kappa shape index (κ2) is 9.10. The van der Waals surface area contributed by atoms with Gasteiger partial charge in [0, 0.05) is 51.6 Å². The zero-order valence-corrected chi connectivity index (χ0v) is 17.1. The minimum Gasteiger partial charge on any atom is -0.375 e. The van der Waals surface area contributed by atoms with E-state index in [4.69, 9.17) is 9.26 Å². The van der Waals surface area contributed by atoms with Crippen LogP contribution in [0.25, 0.3) is 11.4 Å². The number of ether oxygens (including phenoxy) is 1. The molecule has 3 heterocycles. The van der Waals surface area contributed by atoms with Crippen LogP contribution in [0.1, 0.15) is 27.6 Å². The van der Waals surface area contributed by atoms with Crippen LogP contribution in [0.15, 0.2) is 41.2 Å². The van der Waals surface area contributed by atoms with E-state index in [-0.39, 0.29) is 5.91 Å². The Morgan fingerprint density at radius 2 is 2.00 bits per heavy atom. The zero-order chi connectivity index (χ0) is 20.9. The number of hydrogen-bond donors (Lipinski definition) is 0. The van der Waals surface area contributed by atoms with E-state index in [0.717, 1.165) is 36.5 Å². The van der Waals surface area contributed by atoms with Crippen LogP contribution in [0.4, 0.5) is 0 Å². The number of aryl methyl sites for hydroxylation is 1. The molecule has 156 valence electrons. The Morgan fingerprint density at radius 1 is 1.17 bits per heavy atom. The predicted molar refractivity (Wildman–Crippen MR) is 108 cm³/mol. The van der Waals surface area contributed by atoms with Gasteiger partial charge in [-0.1, -0.05) is 23.4 Å². The molecule has 4 rings (SSSR count). The Hall–Kier alpha value is -3.17. The van der Waals surface area contributed by atoms with Crippen molar-refractivity contribution in [2.45, 2.75) is 20.1 Å². The van der Waals surface area contributed by atoms with Gasteiger partial charge in [-0.2, -0.15) is 4.98 Å². The first-order valence-electron chi connectivity index (χ1n) is 9.83. The number of methoxy groups -OCH3 is 1. The summed E-state index contributed by atoms with van der Waals surface area (Å²) in [4.78, 5) is 29.5. The summed E-state index contributed by atoms with van der Waals surface area (Å²) in [5.41, 5.74) is 3.27. The van der Waals surface area contributed by atoms with Gasteiger partial charge in [-0.05, 0) is 18.6 Å². The molecule has 0 spiro atoms. The van der Waals surface area contributed by atoms with Crippen LogP contribution in [-0.4, -0.2) is 69.1 Å². The normalized spacial score (nSPS) is 14.8. The molecule has 1 fully saturated rings. The van der Waals surface area contributed by atoms with E-state index in [1.54, 1.807) is 19.5 Å². The molecular weight excluding hydrogens is 384 g/mol. The first-order chi connectivity index (χ1) is 14.6. The molecule has 1 saturated heterocycles. The van der Waals surface area contributed by atoms with Gasteiger partial charge < -0.3 is 14.2 Å². The summed E-state index contributed by atoms with van der Waals surface area (Å²) < 4.78 is 10.2. The van der Waals surface area contributed by atoms with Crippen LogP contribution in [0, 0.1) is 6.92 Å². The van der Waals surface area contributed by atoms with E-state index >= 15 is 0 Å². The highest BCUT2D eigenvalue weighted by molar-refractivity contribution is 5.92. The summed E-state index contributed by atoms with van der Waals surface area (Å²) in [5, 5.41) is 4.02. The smallest absolute Gasteiger partial charge is 0.274 e. The Bertz CT molecular complexity index is 996. The first kappa shape index (κ1) is 20.1. The van der Waals surface area contributed by atoms with Gasteiger partial charge >= 0.3 is 0 Å². The molecular formula is C21H24N6O3. The highest BCUT2D eigenvalue weighted by Gasteiger charge is 2.23. The van der Waals surface area contributed by atoms with Crippen molar-refractivity contribution >= 4 is 5.91 Å². The van der Waals surface area contributed by atoms with Gasteiger partial charge in [-0.25, -0.2) is 4.98 Å². The van der Waals surface area contributed by atoms with E-state index in [1.165, 1.54) is 0 Å². The van der Waals surface area contributed by atoms with Gasteiger partial charge in [0.25, 0.3) is 11.8 Å². The molecule has 1 aromatic carbocycles. The second-order valence-corrected chi connectivity index (χ2v) is 7.26. The average Bonchev–Trinajstić information content (AvgIpc) is 3.24. The van der Waals surface area contributed by atoms with Crippen molar-refractivity contribution in [2.24, 2.45) is 0 Å². The van der Waals surface area contributed by atoms with Crippen LogP contribution in [-0.2, 0) is 17.9 Å². The Labute approximate surface area is 174 Å². The molecule has 3 aromatic rings. The fourth-order valence-corrected chi connectivity index (χ4v) is 3.40. The minimum absolute atomic E-state index is 0.0619. The molecule has 0 radical (unpaired) electrons.